The molecular formula is C23H15Br2N3O2. The van der Waals surface area contributed by atoms with Gasteiger partial charge in [-0.15, -0.1) is 0 Å². The Hall–Kier alpha value is -2.64. The van der Waals surface area contributed by atoms with Crippen molar-refractivity contribution >= 4 is 49.2 Å². The van der Waals surface area contributed by atoms with Crippen LogP contribution in [0.5, 0.6) is 5.75 Å². The van der Waals surface area contributed by atoms with Gasteiger partial charge in [-0.05, 0) is 42.0 Å². The molecule has 3 aromatic rings. The Bertz CT molecular complexity index is 1240. The maximum atomic E-state index is 13.4. The number of hydrogen-bond donors (Lipinski definition) is 1. The van der Waals surface area contributed by atoms with Crippen LogP contribution in [0.1, 0.15) is 29.2 Å². The van der Waals surface area contributed by atoms with Gasteiger partial charge in [-0.1, -0.05) is 62.2 Å². The third-order valence-corrected chi connectivity index (χ3v) is 6.82. The van der Waals surface area contributed by atoms with Crippen LogP contribution >= 0.6 is 31.9 Å². The summed E-state index contributed by atoms with van der Waals surface area (Å²) in [6.45, 7) is 0. The smallest absolute Gasteiger partial charge is 0.306 e. The van der Waals surface area contributed by atoms with E-state index in [-0.39, 0.29) is 11.9 Å². The van der Waals surface area contributed by atoms with Gasteiger partial charge < -0.3 is 10.1 Å². The number of benzene rings is 3. The second-order valence-electron chi connectivity index (χ2n) is 7.55. The molecule has 7 heteroatoms. The lowest BCUT2D eigenvalue weighted by molar-refractivity contribution is -0.161. The van der Waals surface area contributed by atoms with E-state index in [1.54, 1.807) is 0 Å². The number of carbonyl (C=O) groups is 1. The van der Waals surface area contributed by atoms with Gasteiger partial charge in [-0.3, -0.25) is 4.79 Å². The van der Waals surface area contributed by atoms with Crippen LogP contribution in [0.25, 0.3) is 0 Å². The lowest BCUT2D eigenvalue weighted by Crippen LogP contribution is -2.55. The molecule has 3 heterocycles. The minimum atomic E-state index is -1.35. The predicted octanol–water partition coefficient (Wildman–Crippen LogP) is 5.56. The Morgan fingerprint density at radius 3 is 2.63 bits per heavy atom. The van der Waals surface area contributed by atoms with E-state index < -0.39 is 5.72 Å². The molecule has 0 saturated heterocycles. The molecule has 1 amide bonds. The van der Waals surface area contributed by atoms with E-state index >= 15 is 0 Å². The van der Waals surface area contributed by atoms with Gasteiger partial charge in [0.2, 0.25) is 0 Å². The van der Waals surface area contributed by atoms with Gasteiger partial charge in [0.25, 0.3) is 5.91 Å². The topological polar surface area (TPSA) is 53.9 Å². The van der Waals surface area contributed by atoms with E-state index in [1.807, 2.05) is 65.7 Å². The number of hydrazone groups is 1. The number of fused-ring (bicyclic) bond motifs is 6. The second-order valence-corrected chi connectivity index (χ2v) is 9.38. The zero-order valence-corrected chi connectivity index (χ0v) is 18.8. The fraction of sp³-hybridized carbons (Fsp3) is 0.130. The van der Waals surface area contributed by atoms with Gasteiger partial charge in [0.05, 0.1) is 23.0 Å². The molecule has 0 saturated carbocycles. The van der Waals surface area contributed by atoms with Gasteiger partial charge in [-0.2, -0.15) is 5.10 Å². The van der Waals surface area contributed by atoms with Crippen LogP contribution in [0, 0.1) is 0 Å². The number of carbonyl (C=O) groups excluding carboxylic acids is 1. The lowest BCUT2D eigenvalue weighted by atomic mass is 9.92. The van der Waals surface area contributed by atoms with E-state index in [0.29, 0.717) is 12.2 Å². The fourth-order valence-electron chi connectivity index (χ4n) is 4.49. The first-order valence-corrected chi connectivity index (χ1v) is 11.2. The minimum Gasteiger partial charge on any atom is -0.453 e. The largest absolute Gasteiger partial charge is 0.453 e. The Labute approximate surface area is 190 Å². The van der Waals surface area contributed by atoms with Crippen LogP contribution in [0.3, 0.4) is 0 Å². The van der Waals surface area contributed by atoms with Crippen molar-refractivity contribution in [2.75, 3.05) is 5.32 Å². The molecule has 0 fully saturated rings. The van der Waals surface area contributed by atoms with E-state index in [0.717, 1.165) is 37.0 Å². The molecule has 2 atom stereocenters. The van der Waals surface area contributed by atoms with Crippen molar-refractivity contribution in [2.24, 2.45) is 5.10 Å². The van der Waals surface area contributed by atoms with E-state index in [2.05, 4.69) is 43.2 Å². The Balaban J connectivity index is 1.60. The summed E-state index contributed by atoms with van der Waals surface area (Å²) < 4.78 is 8.34. The number of nitrogens with one attached hydrogen (secondary N) is 1. The van der Waals surface area contributed by atoms with Crippen molar-refractivity contribution in [3.8, 4) is 5.75 Å². The van der Waals surface area contributed by atoms with Crippen molar-refractivity contribution in [1.82, 2.24) is 5.01 Å². The molecule has 1 spiro atoms. The quantitative estimate of drug-likeness (QED) is 0.453. The first-order valence-electron chi connectivity index (χ1n) is 9.58. The highest BCUT2D eigenvalue weighted by Gasteiger charge is 2.61. The standard InChI is InChI=1S/C23H15Br2N3O2/c24-14-7-9-21-16(10-14)20-12-19(13-4-2-1-3-5-13)27-28(20)23(30-21)17-11-15(25)6-8-18(17)26-22(23)29/h1-11,20H,12H2,(H,26,29)/t20-,23-/m0/s1. The maximum absolute atomic E-state index is 13.4. The highest BCUT2D eigenvalue weighted by Crippen LogP contribution is 2.54. The van der Waals surface area contributed by atoms with Crippen LogP contribution in [-0.2, 0) is 10.5 Å². The summed E-state index contributed by atoms with van der Waals surface area (Å²) in [6.07, 6.45) is 0.690. The van der Waals surface area contributed by atoms with Crippen LogP contribution in [0.2, 0.25) is 0 Å². The van der Waals surface area contributed by atoms with Crippen molar-refractivity contribution < 1.29 is 9.53 Å². The molecule has 3 aliphatic rings. The monoisotopic (exact) mass is 523 g/mol. The Kier molecular flexibility index (Phi) is 3.89. The van der Waals surface area contributed by atoms with Gasteiger partial charge in [0.15, 0.2) is 0 Å². The predicted molar refractivity (Wildman–Crippen MR) is 121 cm³/mol. The van der Waals surface area contributed by atoms with Crippen molar-refractivity contribution in [3.63, 3.8) is 0 Å². The van der Waals surface area contributed by atoms with Gasteiger partial charge in [0, 0.05) is 20.9 Å². The summed E-state index contributed by atoms with van der Waals surface area (Å²) in [5, 5.41) is 9.79. The summed E-state index contributed by atoms with van der Waals surface area (Å²) in [5.74, 6) is 0.471. The highest BCUT2D eigenvalue weighted by atomic mass is 79.9. The summed E-state index contributed by atoms with van der Waals surface area (Å²) in [4.78, 5) is 13.4. The van der Waals surface area contributed by atoms with Crippen LogP contribution in [-0.4, -0.2) is 16.6 Å². The zero-order chi connectivity index (χ0) is 20.5. The van der Waals surface area contributed by atoms with Crippen LogP contribution < -0.4 is 10.1 Å². The number of ether oxygens (including phenoxy) is 1. The first kappa shape index (κ1) is 18.2. The fourth-order valence-corrected chi connectivity index (χ4v) is 5.23. The molecule has 5 nitrogen and oxygen atoms in total. The van der Waals surface area contributed by atoms with E-state index in [1.165, 1.54) is 0 Å². The SMILES string of the molecule is O=C1Nc2ccc(Br)cc2[C@]12Oc1ccc(Br)cc1[C@@H]1CC(c3ccccc3)=NN12. The van der Waals surface area contributed by atoms with Crippen molar-refractivity contribution in [3.05, 3.63) is 92.4 Å². The molecule has 0 aromatic heterocycles. The number of nitrogens with zero attached hydrogens (tertiary/aromatic N) is 2. The number of amides is 1. The number of anilines is 1. The molecule has 0 radical (unpaired) electrons. The molecule has 0 aliphatic carbocycles. The molecule has 148 valence electrons. The molecule has 6 rings (SSSR count). The Morgan fingerprint density at radius 1 is 1.03 bits per heavy atom. The highest BCUT2D eigenvalue weighted by molar-refractivity contribution is 9.10. The lowest BCUT2D eigenvalue weighted by Gasteiger charge is -2.44. The maximum Gasteiger partial charge on any atom is 0.306 e. The van der Waals surface area contributed by atoms with Crippen molar-refractivity contribution in [2.45, 2.75) is 18.2 Å². The summed E-state index contributed by atoms with van der Waals surface area (Å²) >= 11 is 7.11. The molecular weight excluding hydrogens is 510 g/mol. The molecule has 1 N–H and O–H groups in total. The van der Waals surface area contributed by atoms with Crippen molar-refractivity contribution in [1.29, 1.82) is 0 Å². The summed E-state index contributed by atoms with van der Waals surface area (Å²) in [7, 11) is 0. The average molecular weight is 525 g/mol. The average Bonchev–Trinajstić information content (AvgIpc) is 3.31. The third kappa shape index (κ3) is 2.45. The van der Waals surface area contributed by atoms with E-state index in [9.17, 15) is 4.79 Å². The normalized spacial score (nSPS) is 23.4. The first-order chi connectivity index (χ1) is 14.6. The second kappa shape index (κ2) is 6.43. The molecule has 0 unspecified atom stereocenters. The number of rotatable bonds is 1. The third-order valence-electron chi connectivity index (χ3n) is 5.83. The molecule has 30 heavy (non-hydrogen) atoms. The minimum absolute atomic E-state index is 0.114. The van der Waals surface area contributed by atoms with Crippen LogP contribution in [0.4, 0.5) is 5.69 Å². The summed E-state index contributed by atoms with van der Waals surface area (Å²) in [5.41, 5.74) is 3.16. The summed E-state index contributed by atoms with van der Waals surface area (Å²) in [6, 6.07) is 21.6. The Morgan fingerprint density at radius 2 is 1.80 bits per heavy atom. The number of hydrogen-bond acceptors (Lipinski definition) is 4. The van der Waals surface area contributed by atoms with E-state index in [4.69, 9.17) is 9.84 Å². The van der Waals surface area contributed by atoms with Gasteiger partial charge >= 0.3 is 5.72 Å². The van der Waals surface area contributed by atoms with Crippen LogP contribution in [0.15, 0.2) is 80.8 Å². The van der Waals surface area contributed by atoms with Gasteiger partial charge in [0.1, 0.15) is 5.75 Å². The van der Waals surface area contributed by atoms with Gasteiger partial charge in [-0.25, -0.2) is 5.01 Å². The molecule has 3 aromatic carbocycles. The molecule has 3 aliphatic heterocycles. The zero-order valence-electron chi connectivity index (χ0n) is 15.6. The molecule has 0 bridgehead atoms. The number of halogens is 2.